The van der Waals surface area contributed by atoms with Gasteiger partial charge in [-0.15, -0.1) is 10.2 Å². The van der Waals surface area contributed by atoms with Gasteiger partial charge >= 0.3 is 0 Å². The van der Waals surface area contributed by atoms with Gasteiger partial charge < -0.3 is 0 Å². The first-order valence-electron chi connectivity index (χ1n) is 4.79. The molecule has 1 unspecified atom stereocenters. The Morgan fingerprint density at radius 2 is 2.27 bits per heavy atom. The SMILES string of the molecule is O=S1CCCN(Cc2nnc(Cl)s2)CC1. The van der Waals surface area contributed by atoms with Crippen LogP contribution in [0, 0.1) is 0 Å². The maximum absolute atomic E-state index is 11.3. The van der Waals surface area contributed by atoms with Crippen molar-refractivity contribution in [3.8, 4) is 0 Å². The predicted molar refractivity (Wildman–Crippen MR) is 62.7 cm³/mol. The summed E-state index contributed by atoms with van der Waals surface area (Å²) in [6.45, 7) is 2.65. The van der Waals surface area contributed by atoms with Crippen LogP contribution in [0.1, 0.15) is 11.4 Å². The first-order valence-corrected chi connectivity index (χ1v) is 7.47. The molecule has 0 aliphatic carbocycles. The van der Waals surface area contributed by atoms with Crippen molar-refractivity contribution < 1.29 is 4.21 Å². The van der Waals surface area contributed by atoms with Crippen LogP contribution >= 0.6 is 22.9 Å². The summed E-state index contributed by atoms with van der Waals surface area (Å²) in [6, 6.07) is 0. The van der Waals surface area contributed by atoms with E-state index in [9.17, 15) is 4.21 Å². The predicted octanol–water partition coefficient (Wildman–Crippen LogP) is 1.15. The fourth-order valence-electron chi connectivity index (χ4n) is 1.54. The minimum atomic E-state index is -0.631. The summed E-state index contributed by atoms with van der Waals surface area (Å²) in [5, 5.41) is 8.68. The topological polar surface area (TPSA) is 46.1 Å². The lowest BCUT2D eigenvalue weighted by Crippen LogP contribution is -2.25. The van der Waals surface area contributed by atoms with E-state index < -0.39 is 10.8 Å². The molecule has 84 valence electrons. The number of aromatic nitrogens is 2. The first-order chi connectivity index (χ1) is 7.24. The van der Waals surface area contributed by atoms with Gasteiger partial charge in [0.15, 0.2) is 0 Å². The fraction of sp³-hybridized carbons (Fsp3) is 0.750. The van der Waals surface area contributed by atoms with Crippen molar-refractivity contribution in [2.45, 2.75) is 13.0 Å². The highest BCUT2D eigenvalue weighted by Crippen LogP contribution is 2.17. The van der Waals surface area contributed by atoms with Gasteiger partial charge in [0.05, 0.1) is 6.54 Å². The zero-order valence-electron chi connectivity index (χ0n) is 8.19. The van der Waals surface area contributed by atoms with Crippen molar-refractivity contribution in [1.29, 1.82) is 0 Å². The molecular formula is C8H12ClN3OS2. The average Bonchev–Trinajstić information content (AvgIpc) is 2.48. The molecule has 4 nitrogen and oxygen atoms in total. The maximum atomic E-state index is 11.3. The molecule has 7 heteroatoms. The second-order valence-corrected chi connectivity index (χ2v) is 6.77. The Labute approximate surface area is 100 Å². The Kier molecular flexibility index (Phi) is 4.07. The van der Waals surface area contributed by atoms with E-state index in [1.54, 1.807) is 0 Å². The van der Waals surface area contributed by atoms with Crippen LogP contribution in [-0.4, -0.2) is 43.9 Å². The van der Waals surface area contributed by atoms with Gasteiger partial charge in [-0.3, -0.25) is 9.11 Å². The largest absolute Gasteiger partial charge is 0.296 e. The Balaban J connectivity index is 1.91. The second kappa shape index (κ2) is 5.34. The van der Waals surface area contributed by atoms with Crippen LogP contribution in [0.15, 0.2) is 0 Å². The van der Waals surface area contributed by atoms with Crippen LogP contribution in [0.4, 0.5) is 0 Å². The first kappa shape index (κ1) is 11.4. The monoisotopic (exact) mass is 265 g/mol. The molecule has 1 aliphatic heterocycles. The summed E-state index contributed by atoms with van der Waals surface area (Å²) in [5.74, 6) is 1.60. The quantitative estimate of drug-likeness (QED) is 0.805. The highest BCUT2D eigenvalue weighted by molar-refractivity contribution is 7.85. The second-order valence-electron chi connectivity index (χ2n) is 3.43. The normalized spacial score (nSPS) is 23.9. The molecule has 1 saturated heterocycles. The van der Waals surface area contributed by atoms with Crippen molar-refractivity contribution in [3.05, 3.63) is 9.47 Å². The van der Waals surface area contributed by atoms with E-state index in [0.29, 0.717) is 4.47 Å². The number of hydrogen-bond donors (Lipinski definition) is 0. The number of hydrogen-bond acceptors (Lipinski definition) is 5. The lowest BCUT2D eigenvalue weighted by Gasteiger charge is -2.16. The molecule has 1 aromatic heterocycles. The molecule has 2 rings (SSSR count). The average molecular weight is 266 g/mol. The fourth-order valence-corrected chi connectivity index (χ4v) is 3.57. The molecule has 1 atom stereocenters. The van der Waals surface area contributed by atoms with Gasteiger partial charge in [-0.05, 0) is 24.6 Å². The Hall–Kier alpha value is -0.0400. The molecule has 0 amide bonds. The molecule has 0 bridgehead atoms. The van der Waals surface area contributed by atoms with Crippen LogP contribution in [0.25, 0.3) is 0 Å². The summed E-state index contributed by atoms with van der Waals surface area (Å²) in [7, 11) is -0.631. The van der Waals surface area contributed by atoms with Gasteiger partial charge in [0.1, 0.15) is 5.01 Å². The van der Waals surface area contributed by atoms with E-state index in [4.69, 9.17) is 11.6 Å². The molecule has 2 heterocycles. The van der Waals surface area contributed by atoms with Crippen molar-refractivity contribution in [2.24, 2.45) is 0 Å². The molecule has 0 N–H and O–H groups in total. The van der Waals surface area contributed by atoms with Gasteiger partial charge in [-0.2, -0.15) is 0 Å². The summed E-state index contributed by atoms with van der Waals surface area (Å²) >= 11 is 7.13. The van der Waals surface area contributed by atoms with Crippen LogP contribution in [0.5, 0.6) is 0 Å². The van der Waals surface area contributed by atoms with E-state index in [1.807, 2.05) is 0 Å². The lowest BCUT2D eigenvalue weighted by molar-refractivity contribution is 0.286. The molecule has 1 aromatic rings. The molecule has 0 spiro atoms. The lowest BCUT2D eigenvalue weighted by atomic mass is 10.4. The molecule has 0 saturated carbocycles. The van der Waals surface area contributed by atoms with Gasteiger partial charge in [0.2, 0.25) is 4.47 Å². The van der Waals surface area contributed by atoms with Crippen LogP contribution in [0.2, 0.25) is 4.47 Å². The summed E-state index contributed by atoms with van der Waals surface area (Å²) in [4.78, 5) is 2.27. The van der Waals surface area contributed by atoms with E-state index >= 15 is 0 Å². The zero-order chi connectivity index (χ0) is 10.7. The molecule has 1 fully saturated rings. The number of halogens is 1. The van der Waals surface area contributed by atoms with Gasteiger partial charge in [0, 0.05) is 28.9 Å². The van der Waals surface area contributed by atoms with Crippen molar-refractivity contribution in [1.82, 2.24) is 15.1 Å². The van der Waals surface area contributed by atoms with Crippen LogP contribution < -0.4 is 0 Å². The van der Waals surface area contributed by atoms with Gasteiger partial charge in [-0.1, -0.05) is 11.3 Å². The highest BCUT2D eigenvalue weighted by Gasteiger charge is 2.14. The Bertz CT molecular complexity index is 357. The Morgan fingerprint density at radius 1 is 1.40 bits per heavy atom. The number of nitrogens with zero attached hydrogens (tertiary/aromatic N) is 3. The highest BCUT2D eigenvalue weighted by atomic mass is 35.5. The maximum Gasteiger partial charge on any atom is 0.207 e. The van der Waals surface area contributed by atoms with Crippen molar-refractivity contribution >= 4 is 33.7 Å². The third-order valence-electron chi connectivity index (χ3n) is 2.28. The third-order valence-corrected chi connectivity index (χ3v) is 4.67. The van der Waals surface area contributed by atoms with Gasteiger partial charge in [-0.25, -0.2) is 0 Å². The van der Waals surface area contributed by atoms with Gasteiger partial charge in [0.25, 0.3) is 0 Å². The van der Waals surface area contributed by atoms with Crippen LogP contribution in [0.3, 0.4) is 0 Å². The molecule has 0 aromatic carbocycles. The van der Waals surface area contributed by atoms with Crippen molar-refractivity contribution in [2.75, 3.05) is 24.6 Å². The standard InChI is InChI=1S/C8H12ClN3OS2/c9-8-11-10-7(14-8)6-12-2-1-4-15(13)5-3-12/h1-6H2. The summed E-state index contributed by atoms with van der Waals surface area (Å²) in [5.41, 5.74) is 0. The molecular weight excluding hydrogens is 254 g/mol. The Morgan fingerprint density at radius 3 is 3.00 bits per heavy atom. The molecule has 1 aliphatic rings. The molecule has 0 radical (unpaired) electrons. The minimum absolute atomic E-state index is 0.489. The van der Waals surface area contributed by atoms with E-state index in [-0.39, 0.29) is 0 Å². The van der Waals surface area contributed by atoms with Crippen LogP contribution in [-0.2, 0) is 17.3 Å². The minimum Gasteiger partial charge on any atom is -0.296 e. The van der Waals surface area contributed by atoms with E-state index in [2.05, 4.69) is 15.1 Å². The van der Waals surface area contributed by atoms with E-state index in [0.717, 1.165) is 42.6 Å². The van der Waals surface area contributed by atoms with E-state index in [1.165, 1.54) is 11.3 Å². The smallest absolute Gasteiger partial charge is 0.207 e. The van der Waals surface area contributed by atoms with Crippen molar-refractivity contribution in [3.63, 3.8) is 0 Å². The zero-order valence-corrected chi connectivity index (χ0v) is 10.6. The third kappa shape index (κ3) is 3.48. The molecule has 15 heavy (non-hydrogen) atoms. The summed E-state index contributed by atoms with van der Waals surface area (Å²) in [6.07, 6.45) is 0.999. The number of rotatable bonds is 2. The summed E-state index contributed by atoms with van der Waals surface area (Å²) < 4.78 is 11.8.